The summed E-state index contributed by atoms with van der Waals surface area (Å²) in [5.74, 6) is -0.610. The van der Waals surface area contributed by atoms with Gasteiger partial charge in [0.25, 0.3) is 0 Å². The summed E-state index contributed by atoms with van der Waals surface area (Å²) in [7, 11) is 1.27. The number of aromatic nitrogens is 1. The summed E-state index contributed by atoms with van der Waals surface area (Å²) in [6, 6.07) is 0.967. The lowest BCUT2D eigenvalue weighted by Crippen LogP contribution is -2.19. The van der Waals surface area contributed by atoms with E-state index >= 15 is 0 Å². The minimum Gasteiger partial charge on any atom is -0.496 e. The highest BCUT2D eigenvalue weighted by Crippen LogP contribution is 2.29. The van der Waals surface area contributed by atoms with Gasteiger partial charge in [0.15, 0.2) is 0 Å². The Hall–Kier alpha value is -1.54. The highest BCUT2D eigenvalue weighted by Gasteiger charge is 2.32. The van der Waals surface area contributed by atoms with Crippen LogP contribution in [0.4, 0.5) is 13.2 Å². The summed E-state index contributed by atoms with van der Waals surface area (Å²) in [5, 5.41) is 8.98. The molecule has 0 atom stereocenters. The second kappa shape index (κ2) is 5.19. The molecule has 1 rings (SSSR count). The predicted molar refractivity (Wildman–Crippen MR) is 51.3 cm³/mol. The van der Waals surface area contributed by atoms with Crippen molar-refractivity contribution in [3.8, 4) is 11.6 Å². The van der Waals surface area contributed by atoms with E-state index in [1.165, 1.54) is 7.11 Å². The first kappa shape index (κ1) is 13.5. The summed E-state index contributed by atoms with van der Waals surface area (Å²) in [6.45, 7) is -0.573. The maximum Gasteiger partial charge on any atom is 0.574 e. The minimum absolute atomic E-state index is 0.00824. The highest BCUT2D eigenvalue weighted by molar-refractivity contribution is 5.40. The Morgan fingerprint density at radius 1 is 1.47 bits per heavy atom. The maximum absolute atomic E-state index is 12.0. The molecule has 0 aliphatic heterocycles. The monoisotopic (exact) mass is 252 g/mol. The fourth-order valence-corrected chi connectivity index (χ4v) is 1.28. The number of ether oxygens (including phenoxy) is 2. The topological polar surface area (TPSA) is 77.6 Å². The Kier molecular flexibility index (Phi) is 4.13. The summed E-state index contributed by atoms with van der Waals surface area (Å²) < 4.78 is 44.5. The molecule has 0 saturated carbocycles. The number of aliphatic hydroxyl groups excluding tert-OH is 1. The van der Waals surface area contributed by atoms with Gasteiger partial charge < -0.3 is 20.3 Å². The molecule has 0 aliphatic rings. The Labute approximate surface area is 95.0 Å². The number of rotatable bonds is 4. The summed E-state index contributed by atoms with van der Waals surface area (Å²) in [5.41, 5.74) is 5.72. The van der Waals surface area contributed by atoms with E-state index in [-0.39, 0.29) is 18.0 Å². The van der Waals surface area contributed by atoms with Gasteiger partial charge in [-0.2, -0.15) is 0 Å². The van der Waals surface area contributed by atoms with Crippen LogP contribution in [-0.2, 0) is 13.2 Å². The zero-order chi connectivity index (χ0) is 13.1. The van der Waals surface area contributed by atoms with Crippen molar-refractivity contribution in [2.24, 2.45) is 5.73 Å². The number of nitrogens with zero attached hydrogens (tertiary/aromatic N) is 1. The number of aliphatic hydroxyl groups is 1. The molecule has 5 nitrogen and oxygen atoms in total. The van der Waals surface area contributed by atoms with Crippen molar-refractivity contribution >= 4 is 0 Å². The number of hydrogen-bond donors (Lipinski definition) is 2. The molecular weight excluding hydrogens is 241 g/mol. The molecule has 8 heteroatoms. The van der Waals surface area contributed by atoms with Gasteiger partial charge in [-0.25, -0.2) is 4.98 Å². The molecule has 0 fully saturated rings. The van der Waals surface area contributed by atoms with Crippen LogP contribution in [0.3, 0.4) is 0 Å². The van der Waals surface area contributed by atoms with Crippen LogP contribution in [0.25, 0.3) is 0 Å². The lowest BCUT2D eigenvalue weighted by molar-refractivity contribution is -0.276. The molecular formula is C9H11F3N2O3. The van der Waals surface area contributed by atoms with Crippen molar-refractivity contribution in [2.75, 3.05) is 7.11 Å². The van der Waals surface area contributed by atoms with E-state index in [2.05, 4.69) is 9.72 Å². The van der Waals surface area contributed by atoms with E-state index in [1.54, 1.807) is 0 Å². The Morgan fingerprint density at radius 3 is 2.53 bits per heavy atom. The number of halogens is 3. The van der Waals surface area contributed by atoms with Gasteiger partial charge in [0, 0.05) is 18.2 Å². The quantitative estimate of drug-likeness (QED) is 0.833. The summed E-state index contributed by atoms with van der Waals surface area (Å²) in [4.78, 5) is 3.50. The van der Waals surface area contributed by atoms with Gasteiger partial charge in [0.1, 0.15) is 5.75 Å². The van der Waals surface area contributed by atoms with Crippen LogP contribution in [0.1, 0.15) is 11.3 Å². The van der Waals surface area contributed by atoms with E-state index in [9.17, 15) is 13.2 Å². The Balaban J connectivity index is 3.18. The van der Waals surface area contributed by atoms with E-state index in [0.29, 0.717) is 5.56 Å². The number of methoxy groups -OCH3 is 1. The fourth-order valence-electron chi connectivity index (χ4n) is 1.28. The van der Waals surface area contributed by atoms with Crippen LogP contribution >= 0.6 is 0 Å². The lowest BCUT2D eigenvalue weighted by Gasteiger charge is -2.14. The molecule has 17 heavy (non-hydrogen) atoms. The standard InChI is InChI=1S/C9H11F3N2O3/c1-16-7-2-8(17-9(10,11)12)14-6(4-15)5(7)3-13/h2,15H,3-4,13H2,1H3. The predicted octanol–water partition coefficient (Wildman–Crippen LogP) is 0.940. The molecule has 0 radical (unpaired) electrons. The van der Waals surface area contributed by atoms with Crippen LogP contribution in [-0.4, -0.2) is 23.6 Å². The van der Waals surface area contributed by atoms with Crippen LogP contribution in [0.15, 0.2) is 6.07 Å². The first-order valence-corrected chi connectivity index (χ1v) is 4.54. The Bertz CT molecular complexity index is 371. The van der Waals surface area contributed by atoms with Gasteiger partial charge in [0.05, 0.1) is 19.4 Å². The van der Waals surface area contributed by atoms with E-state index < -0.39 is 18.8 Å². The molecule has 0 bridgehead atoms. The third-order valence-corrected chi connectivity index (χ3v) is 1.94. The van der Waals surface area contributed by atoms with Gasteiger partial charge in [-0.05, 0) is 0 Å². The second-order valence-corrected chi connectivity index (χ2v) is 3.00. The van der Waals surface area contributed by atoms with Gasteiger partial charge in [0.2, 0.25) is 5.88 Å². The molecule has 0 aromatic carbocycles. The molecule has 1 aromatic rings. The van der Waals surface area contributed by atoms with E-state index in [1.807, 2.05) is 0 Å². The van der Waals surface area contributed by atoms with E-state index in [4.69, 9.17) is 15.6 Å². The molecule has 0 spiro atoms. The van der Waals surface area contributed by atoms with Crippen molar-refractivity contribution in [3.63, 3.8) is 0 Å². The average Bonchev–Trinajstić information content (AvgIpc) is 2.25. The fraction of sp³-hybridized carbons (Fsp3) is 0.444. The van der Waals surface area contributed by atoms with Crippen LogP contribution in [0.5, 0.6) is 11.6 Å². The summed E-state index contributed by atoms with van der Waals surface area (Å²) in [6.07, 6.45) is -4.85. The van der Waals surface area contributed by atoms with Crippen molar-refractivity contribution in [1.82, 2.24) is 4.98 Å². The zero-order valence-corrected chi connectivity index (χ0v) is 8.91. The first-order valence-electron chi connectivity index (χ1n) is 4.54. The lowest BCUT2D eigenvalue weighted by atomic mass is 10.2. The third kappa shape index (κ3) is 3.46. The van der Waals surface area contributed by atoms with Crippen molar-refractivity contribution < 1.29 is 27.8 Å². The second-order valence-electron chi connectivity index (χ2n) is 3.00. The number of alkyl halides is 3. The highest BCUT2D eigenvalue weighted by atomic mass is 19.4. The third-order valence-electron chi connectivity index (χ3n) is 1.94. The van der Waals surface area contributed by atoms with Crippen molar-refractivity contribution in [3.05, 3.63) is 17.3 Å². The van der Waals surface area contributed by atoms with Crippen LogP contribution in [0.2, 0.25) is 0 Å². The van der Waals surface area contributed by atoms with Gasteiger partial charge in [-0.1, -0.05) is 0 Å². The van der Waals surface area contributed by atoms with E-state index in [0.717, 1.165) is 6.07 Å². The molecule has 1 aromatic heterocycles. The summed E-state index contributed by atoms with van der Waals surface area (Å²) >= 11 is 0. The average molecular weight is 252 g/mol. The smallest absolute Gasteiger partial charge is 0.496 e. The van der Waals surface area contributed by atoms with Crippen LogP contribution in [0, 0.1) is 0 Å². The number of hydrogen-bond acceptors (Lipinski definition) is 5. The normalized spacial score (nSPS) is 11.4. The Morgan fingerprint density at radius 2 is 2.12 bits per heavy atom. The minimum atomic E-state index is -4.85. The zero-order valence-electron chi connectivity index (χ0n) is 8.91. The van der Waals surface area contributed by atoms with Crippen molar-refractivity contribution in [2.45, 2.75) is 19.5 Å². The SMILES string of the molecule is COc1cc(OC(F)(F)F)nc(CO)c1CN. The largest absolute Gasteiger partial charge is 0.574 e. The molecule has 0 amide bonds. The molecule has 0 saturated heterocycles. The number of nitrogens with two attached hydrogens (primary N) is 1. The maximum atomic E-state index is 12.0. The molecule has 1 heterocycles. The van der Waals surface area contributed by atoms with Gasteiger partial charge in [-0.3, -0.25) is 0 Å². The van der Waals surface area contributed by atoms with Gasteiger partial charge in [-0.15, -0.1) is 13.2 Å². The first-order chi connectivity index (χ1) is 7.91. The van der Waals surface area contributed by atoms with Crippen LogP contribution < -0.4 is 15.2 Å². The number of pyridine rings is 1. The molecule has 96 valence electrons. The molecule has 3 N–H and O–H groups in total. The molecule has 0 aliphatic carbocycles. The van der Waals surface area contributed by atoms with Crippen molar-refractivity contribution in [1.29, 1.82) is 0 Å². The van der Waals surface area contributed by atoms with Gasteiger partial charge >= 0.3 is 6.36 Å². The molecule has 0 unspecified atom stereocenters.